The molecule has 0 saturated carbocycles. The lowest BCUT2D eigenvalue weighted by Gasteiger charge is -2.21. The van der Waals surface area contributed by atoms with Crippen molar-refractivity contribution in [1.82, 2.24) is 10.2 Å². The summed E-state index contributed by atoms with van der Waals surface area (Å²) >= 11 is 0. The Morgan fingerprint density at radius 2 is 1.76 bits per heavy atom. The number of carbonyl (C=O) groups is 2. The van der Waals surface area contributed by atoms with Crippen LogP contribution in [0.2, 0.25) is 0 Å². The van der Waals surface area contributed by atoms with Gasteiger partial charge in [-0.15, -0.1) is 0 Å². The number of halogens is 3. The lowest BCUT2D eigenvalue weighted by molar-refractivity contribution is -0.131. The largest absolute Gasteiger partial charge is 0.341 e. The molecule has 0 spiro atoms. The number of hydrogen-bond donors (Lipinski definition) is 1. The standard InChI is InChI=1S/C14H15F3N2O2/c1-8(14(21)19-6-2-3-7-19)18-13(20)9-4-5-10(15)12(17)11(9)16/h4-5,8H,2-3,6-7H2,1H3,(H,18,20)/t8-/m0/s1. The minimum atomic E-state index is -1.71. The second-order valence-electron chi connectivity index (χ2n) is 4.95. The zero-order valence-electron chi connectivity index (χ0n) is 11.5. The van der Waals surface area contributed by atoms with Gasteiger partial charge in [0.2, 0.25) is 5.91 Å². The van der Waals surface area contributed by atoms with Gasteiger partial charge in [0.25, 0.3) is 5.91 Å². The van der Waals surface area contributed by atoms with Crippen molar-refractivity contribution in [2.45, 2.75) is 25.8 Å². The number of hydrogen-bond acceptors (Lipinski definition) is 2. The molecule has 114 valence electrons. The molecule has 1 aliphatic heterocycles. The molecule has 0 unspecified atom stereocenters. The van der Waals surface area contributed by atoms with Gasteiger partial charge in [0.1, 0.15) is 6.04 Å². The normalized spacial score (nSPS) is 15.9. The molecule has 7 heteroatoms. The number of amides is 2. The van der Waals surface area contributed by atoms with Crippen LogP contribution >= 0.6 is 0 Å². The van der Waals surface area contributed by atoms with Crippen LogP contribution in [0, 0.1) is 17.5 Å². The van der Waals surface area contributed by atoms with Crippen LogP contribution in [-0.2, 0) is 4.79 Å². The molecule has 1 heterocycles. The van der Waals surface area contributed by atoms with E-state index in [-0.39, 0.29) is 5.91 Å². The summed E-state index contributed by atoms with van der Waals surface area (Å²) in [4.78, 5) is 25.5. The van der Waals surface area contributed by atoms with E-state index >= 15 is 0 Å². The Labute approximate surface area is 119 Å². The number of likely N-dealkylation sites (tertiary alicyclic amines) is 1. The number of benzene rings is 1. The average molecular weight is 300 g/mol. The van der Waals surface area contributed by atoms with Crippen LogP contribution in [0.1, 0.15) is 30.1 Å². The maximum Gasteiger partial charge on any atom is 0.255 e. The predicted molar refractivity (Wildman–Crippen MR) is 69.1 cm³/mol. The SMILES string of the molecule is C[C@H](NC(=O)c1ccc(F)c(F)c1F)C(=O)N1CCCC1. The highest BCUT2D eigenvalue weighted by atomic mass is 19.2. The molecule has 2 amide bonds. The zero-order valence-corrected chi connectivity index (χ0v) is 11.5. The second kappa shape index (κ2) is 6.15. The molecule has 0 radical (unpaired) electrons. The molecular formula is C14H15F3N2O2. The number of carbonyl (C=O) groups excluding carboxylic acids is 2. The fourth-order valence-electron chi connectivity index (χ4n) is 2.25. The minimum absolute atomic E-state index is 0.274. The maximum atomic E-state index is 13.5. The van der Waals surface area contributed by atoms with Gasteiger partial charge in [-0.3, -0.25) is 9.59 Å². The predicted octanol–water partition coefficient (Wildman–Crippen LogP) is 1.84. The van der Waals surface area contributed by atoms with Crippen molar-refractivity contribution in [3.63, 3.8) is 0 Å². The third-order valence-electron chi connectivity index (χ3n) is 3.42. The van der Waals surface area contributed by atoms with E-state index in [1.807, 2.05) is 0 Å². The molecule has 1 saturated heterocycles. The van der Waals surface area contributed by atoms with Gasteiger partial charge in [0, 0.05) is 13.1 Å². The third-order valence-corrected chi connectivity index (χ3v) is 3.42. The van der Waals surface area contributed by atoms with Gasteiger partial charge in [0.15, 0.2) is 17.5 Å². The Morgan fingerprint density at radius 3 is 2.38 bits per heavy atom. The second-order valence-corrected chi connectivity index (χ2v) is 4.95. The Kier molecular flexibility index (Phi) is 4.50. The van der Waals surface area contributed by atoms with E-state index in [2.05, 4.69) is 5.32 Å². The Bertz CT molecular complexity index is 572. The van der Waals surface area contributed by atoms with Gasteiger partial charge in [0.05, 0.1) is 5.56 Å². The molecule has 1 aromatic rings. The molecule has 1 atom stereocenters. The molecule has 1 aliphatic rings. The summed E-state index contributed by atoms with van der Waals surface area (Å²) in [6.45, 7) is 2.72. The fourth-order valence-corrected chi connectivity index (χ4v) is 2.25. The average Bonchev–Trinajstić information content (AvgIpc) is 2.97. The van der Waals surface area contributed by atoms with Crippen molar-refractivity contribution in [3.05, 3.63) is 35.1 Å². The summed E-state index contributed by atoms with van der Waals surface area (Å²) < 4.78 is 39.4. The van der Waals surface area contributed by atoms with Crippen LogP contribution in [0.4, 0.5) is 13.2 Å². The van der Waals surface area contributed by atoms with Crippen LogP contribution in [-0.4, -0.2) is 35.8 Å². The van der Waals surface area contributed by atoms with E-state index in [4.69, 9.17) is 0 Å². The van der Waals surface area contributed by atoms with Crippen LogP contribution in [0.25, 0.3) is 0 Å². The first-order valence-electron chi connectivity index (χ1n) is 6.65. The van der Waals surface area contributed by atoms with E-state index < -0.39 is 35.0 Å². The van der Waals surface area contributed by atoms with Crippen molar-refractivity contribution < 1.29 is 22.8 Å². The molecule has 4 nitrogen and oxygen atoms in total. The Morgan fingerprint density at radius 1 is 1.14 bits per heavy atom. The Hall–Kier alpha value is -2.05. The molecule has 0 aliphatic carbocycles. The van der Waals surface area contributed by atoms with Crippen molar-refractivity contribution >= 4 is 11.8 Å². The van der Waals surface area contributed by atoms with Gasteiger partial charge in [-0.05, 0) is 31.9 Å². The lowest BCUT2D eigenvalue weighted by atomic mass is 10.1. The quantitative estimate of drug-likeness (QED) is 0.866. The first-order chi connectivity index (χ1) is 9.91. The number of rotatable bonds is 3. The Balaban J connectivity index is 2.07. The van der Waals surface area contributed by atoms with Crippen LogP contribution in [0.15, 0.2) is 12.1 Å². The molecule has 2 rings (SSSR count). The highest BCUT2D eigenvalue weighted by Gasteiger charge is 2.26. The highest BCUT2D eigenvalue weighted by molar-refractivity contribution is 5.97. The van der Waals surface area contributed by atoms with Crippen molar-refractivity contribution in [1.29, 1.82) is 0 Å². The van der Waals surface area contributed by atoms with Crippen LogP contribution < -0.4 is 5.32 Å². The van der Waals surface area contributed by atoms with E-state index in [1.54, 1.807) is 4.90 Å². The molecule has 1 N–H and O–H groups in total. The minimum Gasteiger partial charge on any atom is -0.341 e. The first-order valence-corrected chi connectivity index (χ1v) is 6.65. The summed E-state index contributed by atoms with van der Waals surface area (Å²) in [6.07, 6.45) is 1.81. The molecular weight excluding hydrogens is 285 g/mol. The van der Waals surface area contributed by atoms with E-state index in [9.17, 15) is 22.8 Å². The van der Waals surface area contributed by atoms with Gasteiger partial charge < -0.3 is 10.2 Å². The van der Waals surface area contributed by atoms with Gasteiger partial charge in [-0.2, -0.15) is 0 Å². The van der Waals surface area contributed by atoms with Crippen LogP contribution in [0.3, 0.4) is 0 Å². The fraction of sp³-hybridized carbons (Fsp3) is 0.429. The van der Waals surface area contributed by atoms with Crippen molar-refractivity contribution in [3.8, 4) is 0 Å². The summed E-state index contributed by atoms with van der Waals surface area (Å²) in [5.41, 5.74) is -0.630. The van der Waals surface area contributed by atoms with Gasteiger partial charge in [-0.1, -0.05) is 0 Å². The summed E-state index contributed by atoms with van der Waals surface area (Å²) in [7, 11) is 0. The van der Waals surface area contributed by atoms with Gasteiger partial charge >= 0.3 is 0 Å². The zero-order chi connectivity index (χ0) is 15.6. The molecule has 1 fully saturated rings. The van der Waals surface area contributed by atoms with Crippen molar-refractivity contribution in [2.75, 3.05) is 13.1 Å². The molecule has 0 aromatic heterocycles. The monoisotopic (exact) mass is 300 g/mol. The molecule has 1 aromatic carbocycles. The summed E-state index contributed by atoms with van der Waals surface area (Å²) in [5, 5.41) is 2.30. The van der Waals surface area contributed by atoms with Gasteiger partial charge in [-0.25, -0.2) is 13.2 Å². The maximum absolute atomic E-state index is 13.5. The number of nitrogens with zero attached hydrogens (tertiary/aromatic N) is 1. The summed E-state index contributed by atoms with van der Waals surface area (Å²) in [5.74, 6) is -5.87. The van der Waals surface area contributed by atoms with E-state index in [0.29, 0.717) is 19.2 Å². The van der Waals surface area contributed by atoms with Crippen molar-refractivity contribution in [2.24, 2.45) is 0 Å². The summed E-state index contributed by atoms with van der Waals surface area (Å²) in [6, 6.07) is 0.652. The lowest BCUT2D eigenvalue weighted by Crippen LogP contribution is -2.46. The third kappa shape index (κ3) is 3.17. The van der Waals surface area contributed by atoms with Crippen LogP contribution in [0.5, 0.6) is 0 Å². The number of nitrogens with one attached hydrogen (secondary N) is 1. The molecule has 0 bridgehead atoms. The molecule has 21 heavy (non-hydrogen) atoms. The first kappa shape index (κ1) is 15.3. The van der Waals surface area contributed by atoms with E-state index in [1.165, 1.54) is 6.92 Å². The smallest absolute Gasteiger partial charge is 0.255 e. The highest BCUT2D eigenvalue weighted by Crippen LogP contribution is 2.15. The van der Waals surface area contributed by atoms with E-state index in [0.717, 1.165) is 18.9 Å². The topological polar surface area (TPSA) is 49.4 Å².